The molecule has 0 unspecified atom stereocenters. The van der Waals surface area contributed by atoms with Crippen LogP contribution >= 0.6 is 11.6 Å². The van der Waals surface area contributed by atoms with Crippen LogP contribution in [0.4, 0.5) is 10.2 Å². The van der Waals surface area contributed by atoms with Gasteiger partial charge in [-0.15, -0.1) is 0 Å². The number of anilines is 1. The summed E-state index contributed by atoms with van der Waals surface area (Å²) < 4.78 is 19.3. The molecule has 1 aromatic heterocycles. The Bertz CT molecular complexity index is 607. The van der Waals surface area contributed by atoms with Gasteiger partial charge >= 0.3 is 0 Å². The molecule has 106 valence electrons. The van der Waals surface area contributed by atoms with Gasteiger partial charge in [0.15, 0.2) is 11.6 Å². The zero-order valence-electron chi connectivity index (χ0n) is 11.3. The summed E-state index contributed by atoms with van der Waals surface area (Å²) >= 11 is 5.72. The highest BCUT2D eigenvalue weighted by atomic mass is 35.5. The number of benzene rings is 1. The van der Waals surface area contributed by atoms with Gasteiger partial charge in [0.2, 0.25) is 5.88 Å². The van der Waals surface area contributed by atoms with Crippen molar-refractivity contribution in [3.05, 3.63) is 40.9 Å². The number of hydrogen-bond donors (Lipinski definition) is 1. The summed E-state index contributed by atoms with van der Waals surface area (Å²) in [5.41, 5.74) is 0.723. The Hall–Kier alpha value is -1.88. The van der Waals surface area contributed by atoms with Crippen molar-refractivity contribution in [1.29, 1.82) is 0 Å². The second-order valence-electron chi connectivity index (χ2n) is 4.23. The first-order valence-electron chi connectivity index (χ1n) is 6.30. The van der Waals surface area contributed by atoms with Crippen LogP contribution in [0.5, 0.6) is 11.6 Å². The molecule has 0 saturated heterocycles. The molecule has 20 heavy (non-hydrogen) atoms. The van der Waals surface area contributed by atoms with E-state index in [2.05, 4.69) is 22.2 Å². The molecule has 0 bridgehead atoms. The fourth-order valence-electron chi connectivity index (χ4n) is 1.63. The van der Waals surface area contributed by atoms with Gasteiger partial charge in [0, 0.05) is 6.54 Å². The lowest BCUT2D eigenvalue weighted by Crippen LogP contribution is -2.05. The van der Waals surface area contributed by atoms with Crippen molar-refractivity contribution < 1.29 is 9.13 Å². The summed E-state index contributed by atoms with van der Waals surface area (Å²) in [6.07, 6.45) is 2.35. The van der Waals surface area contributed by atoms with Crippen molar-refractivity contribution in [3.8, 4) is 11.6 Å². The average Bonchev–Trinajstić information content (AvgIpc) is 2.44. The van der Waals surface area contributed by atoms with Gasteiger partial charge < -0.3 is 10.1 Å². The maximum Gasteiger partial charge on any atom is 0.227 e. The number of halogens is 2. The van der Waals surface area contributed by atoms with E-state index in [0.717, 1.165) is 18.5 Å². The molecule has 1 N–H and O–H groups in total. The number of aromatic nitrogens is 2. The Balaban J connectivity index is 2.27. The van der Waals surface area contributed by atoms with Crippen LogP contribution in [0.15, 0.2) is 24.5 Å². The highest BCUT2D eigenvalue weighted by Gasteiger charge is 2.13. The number of nitrogens with one attached hydrogen (secondary N) is 1. The second-order valence-corrected chi connectivity index (χ2v) is 4.64. The Morgan fingerprint density at radius 1 is 1.35 bits per heavy atom. The predicted molar refractivity (Wildman–Crippen MR) is 77.0 cm³/mol. The van der Waals surface area contributed by atoms with E-state index < -0.39 is 5.82 Å². The molecule has 0 radical (unpaired) electrons. The third kappa shape index (κ3) is 3.17. The van der Waals surface area contributed by atoms with E-state index in [0.29, 0.717) is 11.7 Å². The Morgan fingerprint density at radius 2 is 2.15 bits per heavy atom. The van der Waals surface area contributed by atoms with E-state index in [4.69, 9.17) is 16.3 Å². The quantitative estimate of drug-likeness (QED) is 0.898. The lowest BCUT2D eigenvalue weighted by atomic mass is 10.3. The van der Waals surface area contributed by atoms with Gasteiger partial charge in [0.1, 0.15) is 12.1 Å². The minimum Gasteiger partial charge on any atom is -0.435 e. The van der Waals surface area contributed by atoms with Crippen molar-refractivity contribution >= 4 is 17.4 Å². The zero-order valence-corrected chi connectivity index (χ0v) is 12.0. The molecule has 0 aliphatic rings. The van der Waals surface area contributed by atoms with Crippen LogP contribution in [0.1, 0.15) is 18.9 Å². The zero-order chi connectivity index (χ0) is 14.5. The Morgan fingerprint density at radius 3 is 2.90 bits per heavy atom. The highest BCUT2D eigenvalue weighted by Crippen LogP contribution is 2.30. The largest absolute Gasteiger partial charge is 0.435 e. The summed E-state index contributed by atoms with van der Waals surface area (Å²) in [5.74, 6) is 0.426. The second kappa shape index (κ2) is 6.52. The van der Waals surface area contributed by atoms with Gasteiger partial charge in [0.25, 0.3) is 0 Å². The van der Waals surface area contributed by atoms with Crippen LogP contribution in [-0.4, -0.2) is 16.5 Å². The third-order valence-corrected chi connectivity index (χ3v) is 2.99. The van der Waals surface area contributed by atoms with Gasteiger partial charge in [-0.1, -0.05) is 24.6 Å². The van der Waals surface area contributed by atoms with Crippen LogP contribution in [0.3, 0.4) is 0 Å². The molecule has 0 aliphatic heterocycles. The predicted octanol–water partition coefficient (Wildman–Crippen LogP) is 4.19. The molecule has 1 aromatic carbocycles. The SMILES string of the molecule is CCCNc1ncnc(Oc2cccc(Cl)c2F)c1C. The minimum atomic E-state index is -0.602. The molecule has 1 heterocycles. The first-order chi connectivity index (χ1) is 9.63. The molecular formula is C14H15ClFN3O. The van der Waals surface area contributed by atoms with E-state index in [1.54, 1.807) is 6.07 Å². The maximum atomic E-state index is 13.8. The molecule has 0 amide bonds. The first kappa shape index (κ1) is 14.5. The van der Waals surface area contributed by atoms with E-state index >= 15 is 0 Å². The van der Waals surface area contributed by atoms with Crippen molar-refractivity contribution in [2.45, 2.75) is 20.3 Å². The third-order valence-electron chi connectivity index (χ3n) is 2.70. The van der Waals surface area contributed by atoms with Crippen LogP contribution in [0, 0.1) is 12.7 Å². The molecule has 0 atom stereocenters. The fraction of sp³-hybridized carbons (Fsp3) is 0.286. The van der Waals surface area contributed by atoms with Gasteiger partial charge in [-0.25, -0.2) is 14.4 Å². The summed E-state index contributed by atoms with van der Waals surface area (Å²) in [7, 11) is 0. The summed E-state index contributed by atoms with van der Waals surface area (Å²) in [6.45, 7) is 4.67. The van der Waals surface area contributed by atoms with Crippen molar-refractivity contribution in [2.75, 3.05) is 11.9 Å². The van der Waals surface area contributed by atoms with E-state index in [1.165, 1.54) is 18.5 Å². The average molecular weight is 296 g/mol. The van der Waals surface area contributed by atoms with Crippen LogP contribution in [0.25, 0.3) is 0 Å². The smallest absolute Gasteiger partial charge is 0.227 e. The monoisotopic (exact) mass is 295 g/mol. The van der Waals surface area contributed by atoms with Crippen molar-refractivity contribution in [3.63, 3.8) is 0 Å². The van der Waals surface area contributed by atoms with Gasteiger partial charge in [0.05, 0.1) is 10.6 Å². The van der Waals surface area contributed by atoms with Crippen molar-refractivity contribution in [2.24, 2.45) is 0 Å². The molecule has 6 heteroatoms. The van der Waals surface area contributed by atoms with Gasteiger partial charge in [-0.05, 0) is 25.5 Å². The first-order valence-corrected chi connectivity index (χ1v) is 6.68. The highest BCUT2D eigenvalue weighted by molar-refractivity contribution is 6.30. The Labute approximate surface area is 122 Å². The standard InChI is InChI=1S/C14H15ClFN3O/c1-3-7-17-13-9(2)14(19-8-18-13)20-11-6-4-5-10(15)12(11)16/h4-6,8H,3,7H2,1-2H3,(H,17,18,19). The molecule has 0 spiro atoms. The minimum absolute atomic E-state index is 0.0125. The normalized spacial score (nSPS) is 10.4. The van der Waals surface area contributed by atoms with E-state index in [1.807, 2.05) is 6.92 Å². The number of nitrogens with zero attached hydrogens (tertiary/aromatic N) is 2. The molecule has 0 fully saturated rings. The molecule has 2 rings (SSSR count). The van der Waals surface area contributed by atoms with Gasteiger partial charge in [-0.3, -0.25) is 0 Å². The number of hydrogen-bond acceptors (Lipinski definition) is 4. The maximum absolute atomic E-state index is 13.8. The van der Waals surface area contributed by atoms with Crippen molar-refractivity contribution in [1.82, 2.24) is 9.97 Å². The fourth-order valence-corrected chi connectivity index (χ4v) is 1.79. The van der Waals surface area contributed by atoms with E-state index in [9.17, 15) is 4.39 Å². The molecule has 4 nitrogen and oxygen atoms in total. The summed E-state index contributed by atoms with van der Waals surface area (Å²) in [6, 6.07) is 4.58. The molecule has 0 aliphatic carbocycles. The Kier molecular flexibility index (Phi) is 4.74. The van der Waals surface area contributed by atoms with Crippen LogP contribution in [0.2, 0.25) is 5.02 Å². The van der Waals surface area contributed by atoms with Crippen LogP contribution in [-0.2, 0) is 0 Å². The lowest BCUT2D eigenvalue weighted by molar-refractivity contribution is 0.424. The van der Waals surface area contributed by atoms with Gasteiger partial charge in [-0.2, -0.15) is 0 Å². The lowest BCUT2D eigenvalue weighted by Gasteiger charge is -2.12. The molecular weight excluding hydrogens is 281 g/mol. The van der Waals surface area contributed by atoms with E-state index in [-0.39, 0.29) is 10.8 Å². The van der Waals surface area contributed by atoms with Crippen LogP contribution < -0.4 is 10.1 Å². The number of ether oxygens (including phenoxy) is 1. The molecule has 2 aromatic rings. The summed E-state index contributed by atoms with van der Waals surface area (Å²) in [4.78, 5) is 8.17. The topological polar surface area (TPSA) is 47.0 Å². The molecule has 0 saturated carbocycles. The summed E-state index contributed by atoms with van der Waals surface area (Å²) in [5, 5.41) is 3.18. The number of rotatable bonds is 5.